The Kier molecular flexibility index (Phi) is 36.4. The van der Waals surface area contributed by atoms with Crippen molar-refractivity contribution >= 4 is 24.8 Å². The van der Waals surface area contributed by atoms with Gasteiger partial charge < -0.3 is 11.1 Å². The molecule has 0 radical (unpaired) electrons. The van der Waals surface area contributed by atoms with Crippen LogP contribution in [0.1, 0.15) is 19.3 Å². The maximum absolute atomic E-state index is 2.00. The number of nitrogens with zero attached hydrogens (tertiary/aromatic N) is 1. The second-order valence-electron chi connectivity index (χ2n) is 2.40. The van der Waals surface area contributed by atoms with Gasteiger partial charge in [0, 0.05) is 0 Å². The summed E-state index contributed by atoms with van der Waals surface area (Å²) in [5.41, 5.74) is 0. The Morgan fingerprint density at radius 1 is 0.800 bits per heavy atom. The van der Waals surface area contributed by atoms with Crippen molar-refractivity contribution in [3.8, 4) is 0 Å². The molecule has 0 heterocycles. The fourth-order valence-electron chi connectivity index (χ4n) is 0. The van der Waals surface area contributed by atoms with E-state index in [1.54, 1.807) is 0 Å². The molecule has 0 aromatic heterocycles. The summed E-state index contributed by atoms with van der Waals surface area (Å²) in [5.74, 6) is 0. The zero-order valence-corrected chi connectivity index (χ0v) is 8.73. The topological polar surface area (TPSA) is 38.2 Å². The highest BCUT2D eigenvalue weighted by Gasteiger charge is 1.95. The molecule has 2 nitrogen and oxygen atoms in total. The molecule has 4 heteroatoms. The maximum Gasteiger partial charge on any atom is -0.0140 e. The van der Waals surface area contributed by atoms with Crippen LogP contribution in [0.25, 0.3) is 0 Å². The fraction of sp³-hybridized carbons (Fsp3) is 1.00. The van der Waals surface area contributed by atoms with Crippen molar-refractivity contribution < 1.29 is 0 Å². The fourth-order valence-corrected chi connectivity index (χ4v) is 0. The van der Waals surface area contributed by atoms with E-state index >= 15 is 0 Å². The van der Waals surface area contributed by atoms with Crippen molar-refractivity contribution in [3.63, 3.8) is 0 Å². The van der Waals surface area contributed by atoms with Crippen LogP contribution < -0.4 is 6.15 Å². The minimum absolute atomic E-state index is 0. The van der Waals surface area contributed by atoms with E-state index < -0.39 is 0 Å². The Morgan fingerprint density at radius 2 is 0.900 bits per heavy atom. The van der Waals surface area contributed by atoms with Crippen LogP contribution in [0.15, 0.2) is 0 Å². The SMILES string of the molecule is C1CC1.CN(C)C.Cl.Cl.N. The Hall–Kier alpha value is 0.500. The van der Waals surface area contributed by atoms with Crippen LogP contribution in [-0.2, 0) is 0 Å². The van der Waals surface area contributed by atoms with Gasteiger partial charge >= 0.3 is 0 Å². The lowest BCUT2D eigenvalue weighted by Gasteiger charge is -1.90. The molecule has 68 valence electrons. The van der Waals surface area contributed by atoms with E-state index in [2.05, 4.69) is 0 Å². The molecule has 0 unspecified atom stereocenters. The lowest BCUT2D eigenvalue weighted by molar-refractivity contribution is 0.505. The number of hydrogen-bond acceptors (Lipinski definition) is 2. The van der Waals surface area contributed by atoms with Crippen LogP contribution in [0, 0.1) is 0 Å². The number of rotatable bonds is 0. The molecule has 0 amide bonds. The molecule has 0 aliphatic heterocycles. The average Bonchev–Trinajstić information content (AvgIpc) is 2.02. The summed E-state index contributed by atoms with van der Waals surface area (Å²) in [4.78, 5) is 2.00. The van der Waals surface area contributed by atoms with Crippen LogP contribution in [0.4, 0.5) is 0 Å². The Bertz CT molecular complexity index is 35.2. The van der Waals surface area contributed by atoms with E-state index in [4.69, 9.17) is 0 Å². The Labute approximate surface area is 76.8 Å². The second kappa shape index (κ2) is 16.2. The van der Waals surface area contributed by atoms with Gasteiger partial charge in [0.05, 0.1) is 0 Å². The van der Waals surface area contributed by atoms with Crippen LogP contribution >= 0.6 is 24.8 Å². The summed E-state index contributed by atoms with van der Waals surface area (Å²) in [6, 6.07) is 0. The van der Waals surface area contributed by atoms with Gasteiger partial charge in [-0.15, -0.1) is 24.8 Å². The second-order valence-corrected chi connectivity index (χ2v) is 2.40. The first-order chi connectivity index (χ1) is 3.23. The molecule has 0 aromatic carbocycles. The molecular weight excluding hydrogens is 171 g/mol. The molecule has 0 atom stereocenters. The van der Waals surface area contributed by atoms with Crippen molar-refractivity contribution in [1.29, 1.82) is 0 Å². The van der Waals surface area contributed by atoms with E-state index in [-0.39, 0.29) is 31.0 Å². The predicted molar refractivity (Wildman–Crippen MR) is 53.0 cm³/mol. The normalized spacial score (nSPS) is 10.8. The van der Waals surface area contributed by atoms with E-state index in [1.165, 1.54) is 19.3 Å². The monoisotopic (exact) mass is 190 g/mol. The van der Waals surface area contributed by atoms with E-state index in [0.29, 0.717) is 0 Å². The molecule has 1 rings (SSSR count). The first-order valence-electron chi connectivity index (χ1n) is 2.84. The van der Waals surface area contributed by atoms with Gasteiger partial charge in [0.15, 0.2) is 0 Å². The lowest BCUT2D eigenvalue weighted by Crippen LogP contribution is -1.99. The highest BCUT2D eigenvalue weighted by Crippen LogP contribution is 2.14. The van der Waals surface area contributed by atoms with E-state index in [9.17, 15) is 0 Å². The van der Waals surface area contributed by atoms with Crippen molar-refractivity contribution in [2.24, 2.45) is 0 Å². The first-order valence-corrected chi connectivity index (χ1v) is 2.84. The largest absolute Gasteiger partial charge is 0.344 e. The van der Waals surface area contributed by atoms with Gasteiger partial charge in [-0.3, -0.25) is 0 Å². The Balaban J connectivity index is -0.0000000279. The average molecular weight is 191 g/mol. The van der Waals surface area contributed by atoms with Gasteiger partial charge in [0.25, 0.3) is 0 Å². The van der Waals surface area contributed by atoms with Gasteiger partial charge in [0.1, 0.15) is 0 Å². The quantitative estimate of drug-likeness (QED) is 0.638. The zero-order chi connectivity index (χ0) is 5.70. The Morgan fingerprint density at radius 3 is 0.900 bits per heavy atom. The minimum atomic E-state index is 0. The molecule has 0 spiro atoms. The van der Waals surface area contributed by atoms with Crippen LogP contribution in [0.2, 0.25) is 0 Å². The van der Waals surface area contributed by atoms with E-state index in [1.807, 2.05) is 26.0 Å². The zero-order valence-electron chi connectivity index (χ0n) is 7.09. The summed E-state index contributed by atoms with van der Waals surface area (Å²) in [6.45, 7) is 0. The van der Waals surface area contributed by atoms with Crippen LogP contribution in [0.3, 0.4) is 0 Å². The van der Waals surface area contributed by atoms with Gasteiger partial charge in [-0.2, -0.15) is 0 Å². The third-order valence-electron chi connectivity index (χ3n) is 0.354. The highest BCUT2D eigenvalue weighted by molar-refractivity contribution is 5.85. The lowest BCUT2D eigenvalue weighted by atomic mass is 11.0. The molecule has 0 bridgehead atoms. The standard InChI is InChI=1S/C3H9N.C3H6.2ClH.H3N/c1-4(2)3;1-2-3-1;;;/h1-3H3;1-3H2;2*1H;1H3. The van der Waals surface area contributed by atoms with Crippen molar-refractivity contribution in [2.75, 3.05) is 21.1 Å². The summed E-state index contributed by atoms with van der Waals surface area (Å²) in [5, 5.41) is 0. The van der Waals surface area contributed by atoms with Gasteiger partial charge in [-0.25, -0.2) is 0 Å². The third kappa shape index (κ3) is 212. The first kappa shape index (κ1) is 22.4. The summed E-state index contributed by atoms with van der Waals surface area (Å²) in [6.07, 6.45) is 4.50. The molecule has 10 heavy (non-hydrogen) atoms. The van der Waals surface area contributed by atoms with Gasteiger partial charge in [-0.1, -0.05) is 19.3 Å². The van der Waals surface area contributed by atoms with Crippen molar-refractivity contribution in [2.45, 2.75) is 19.3 Å². The van der Waals surface area contributed by atoms with Crippen molar-refractivity contribution in [3.05, 3.63) is 0 Å². The van der Waals surface area contributed by atoms with Crippen LogP contribution in [-0.4, -0.2) is 26.0 Å². The smallest absolute Gasteiger partial charge is 0.0140 e. The maximum atomic E-state index is 2.00. The minimum Gasteiger partial charge on any atom is -0.344 e. The molecule has 1 fully saturated rings. The molecule has 1 aliphatic rings. The summed E-state index contributed by atoms with van der Waals surface area (Å²) < 4.78 is 0. The third-order valence-corrected chi connectivity index (χ3v) is 0.354. The summed E-state index contributed by atoms with van der Waals surface area (Å²) in [7, 11) is 6.00. The molecule has 0 aromatic rings. The molecule has 1 saturated carbocycles. The molecule has 1 aliphatic carbocycles. The van der Waals surface area contributed by atoms with Gasteiger partial charge in [0.2, 0.25) is 0 Å². The highest BCUT2D eigenvalue weighted by atomic mass is 35.5. The number of hydrogen-bond donors (Lipinski definition) is 1. The molecule has 0 saturated heterocycles. The van der Waals surface area contributed by atoms with Gasteiger partial charge in [-0.05, 0) is 21.1 Å². The number of halogens is 2. The molecular formula is C6H20Cl2N2. The van der Waals surface area contributed by atoms with Crippen molar-refractivity contribution in [1.82, 2.24) is 11.1 Å². The predicted octanol–water partition coefficient (Wildman–Crippen LogP) is 2.35. The molecule has 3 N–H and O–H groups in total. The summed E-state index contributed by atoms with van der Waals surface area (Å²) >= 11 is 0. The van der Waals surface area contributed by atoms with Crippen LogP contribution in [0.5, 0.6) is 0 Å². The van der Waals surface area contributed by atoms with E-state index in [0.717, 1.165) is 0 Å².